The van der Waals surface area contributed by atoms with Gasteiger partial charge in [-0.05, 0) is 11.6 Å². The Hall–Kier alpha value is -0.530. The van der Waals surface area contributed by atoms with E-state index in [2.05, 4.69) is 6.07 Å². The Kier molecular flexibility index (Phi) is 2.09. The van der Waals surface area contributed by atoms with Crippen LogP contribution in [-0.2, 0) is 0 Å². The van der Waals surface area contributed by atoms with Gasteiger partial charge in [-0.25, -0.2) is 0 Å². The van der Waals surface area contributed by atoms with Crippen LogP contribution >= 0.6 is 11.6 Å². The number of alkyl halides is 1. The van der Waals surface area contributed by atoms with Crippen molar-refractivity contribution < 1.29 is 5.11 Å². The normalized spacial score (nSPS) is 13.1. The highest BCUT2D eigenvalue weighted by molar-refractivity contribution is 6.19. The number of aliphatic hydroxyl groups excluding tert-OH is 1. The van der Waals surface area contributed by atoms with Crippen molar-refractivity contribution >= 4 is 11.6 Å². The zero-order valence-corrected chi connectivity index (χ0v) is 5.47. The third-order valence-electron chi connectivity index (χ3n) is 1.02. The molecule has 0 aliphatic rings. The SMILES string of the molecule is OC(Cl)c1cc[c]cc1. The van der Waals surface area contributed by atoms with E-state index in [0.29, 0.717) is 5.56 Å². The van der Waals surface area contributed by atoms with Crippen molar-refractivity contribution in [1.29, 1.82) is 0 Å². The second kappa shape index (κ2) is 2.85. The van der Waals surface area contributed by atoms with E-state index >= 15 is 0 Å². The van der Waals surface area contributed by atoms with Crippen molar-refractivity contribution in [2.45, 2.75) is 5.56 Å². The molecular formula is C7H6ClO. The predicted octanol–water partition coefficient (Wildman–Crippen LogP) is 1.72. The molecule has 1 nitrogen and oxygen atoms in total. The van der Waals surface area contributed by atoms with E-state index in [1.54, 1.807) is 24.3 Å². The van der Waals surface area contributed by atoms with E-state index in [1.807, 2.05) is 0 Å². The summed E-state index contributed by atoms with van der Waals surface area (Å²) < 4.78 is 0. The van der Waals surface area contributed by atoms with Crippen molar-refractivity contribution in [3.05, 3.63) is 35.9 Å². The van der Waals surface area contributed by atoms with E-state index in [1.165, 1.54) is 0 Å². The van der Waals surface area contributed by atoms with Crippen molar-refractivity contribution in [1.82, 2.24) is 0 Å². The molecule has 1 N–H and O–H groups in total. The molecule has 0 bridgehead atoms. The maximum atomic E-state index is 8.78. The summed E-state index contributed by atoms with van der Waals surface area (Å²) in [6.45, 7) is 0. The summed E-state index contributed by atoms with van der Waals surface area (Å²) in [6, 6.07) is 9.68. The third kappa shape index (κ3) is 1.70. The Morgan fingerprint density at radius 1 is 1.44 bits per heavy atom. The summed E-state index contributed by atoms with van der Waals surface area (Å²) in [6.07, 6.45) is 0. The predicted molar refractivity (Wildman–Crippen MR) is 36.1 cm³/mol. The standard InChI is InChI=1S/C7H6ClO/c8-7(9)6-4-2-1-3-5-6/h2-5,7,9H. The number of hydrogen-bond donors (Lipinski definition) is 1. The molecule has 0 aromatic heterocycles. The largest absolute Gasteiger partial charge is 0.373 e. The molecule has 1 aromatic carbocycles. The summed E-state index contributed by atoms with van der Waals surface area (Å²) in [4.78, 5) is 0. The molecule has 0 aliphatic heterocycles. The topological polar surface area (TPSA) is 20.2 Å². The minimum atomic E-state index is -0.889. The molecule has 1 aromatic rings. The Morgan fingerprint density at radius 2 is 2.00 bits per heavy atom. The molecule has 0 amide bonds. The Balaban J connectivity index is 2.85. The monoisotopic (exact) mass is 141 g/mol. The summed E-state index contributed by atoms with van der Waals surface area (Å²) in [5.74, 6) is 0. The lowest BCUT2D eigenvalue weighted by molar-refractivity contribution is 0.263. The lowest BCUT2D eigenvalue weighted by Gasteiger charge is -1.98. The van der Waals surface area contributed by atoms with Gasteiger partial charge in [-0.15, -0.1) is 0 Å². The molecule has 1 atom stereocenters. The van der Waals surface area contributed by atoms with Crippen LogP contribution in [0.3, 0.4) is 0 Å². The molecule has 1 rings (SSSR count). The molecule has 1 unspecified atom stereocenters. The maximum Gasteiger partial charge on any atom is 0.153 e. The number of halogens is 1. The zero-order chi connectivity index (χ0) is 6.69. The summed E-state index contributed by atoms with van der Waals surface area (Å²) in [7, 11) is 0. The fourth-order valence-electron chi connectivity index (χ4n) is 0.559. The Morgan fingerprint density at radius 3 is 2.33 bits per heavy atom. The lowest BCUT2D eigenvalue weighted by Crippen LogP contribution is -1.84. The number of rotatable bonds is 1. The summed E-state index contributed by atoms with van der Waals surface area (Å²) in [5.41, 5.74) is -0.185. The maximum absolute atomic E-state index is 8.78. The molecular weight excluding hydrogens is 136 g/mol. The molecule has 0 fully saturated rings. The second-order valence-corrected chi connectivity index (χ2v) is 2.08. The van der Waals surface area contributed by atoms with E-state index in [0.717, 1.165) is 0 Å². The first-order valence-electron chi connectivity index (χ1n) is 2.59. The van der Waals surface area contributed by atoms with Gasteiger partial charge in [0, 0.05) is 0 Å². The molecule has 0 saturated heterocycles. The average Bonchev–Trinajstić information content (AvgIpc) is 1.90. The molecule has 1 radical (unpaired) electrons. The van der Waals surface area contributed by atoms with Crippen LogP contribution in [0.4, 0.5) is 0 Å². The first-order chi connectivity index (χ1) is 4.30. The molecule has 0 heterocycles. The highest BCUT2D eigenvalue weighted by Crippen LogP contribution is 2.14. The van der Waals surface area contributed by atoms with E-state index < -0.39 is 5.56 Å². The van der Waals surface area contributed by atoms with Gasteiger partial charge < -0.3 is 5.11 Å². The van der Waals surface area contributed by atoms with Crippen LogP contribution in [0, 0.1) is 6.07 Å². The summed E-state index contributed by atoms with van der Waals surface area (Å²) in [5, 5.41) is 8.78. The van der Waals surface area contributed by atoms with Crippen LogP contribution in [0.5, 0.6) is 0 Å². The van der Waals surface area contributed by atoms with Gasteiger partial charge in [0.25, 0.3) is 0 Å². The molecule has 9 heavy (non-hydrogen) atoms. The average molecular weight is 142 g/mol. The van der Waals surface area contributed by atoms with Crippen molar-refractivity contribution in [3.63, 3.8) is 0 Å². The van der Waals surface area contributed by atoms with Crippen molar-refractivity contribution in [2.75, 3.05) is 0 Å². The quantitative estimate of drug-likeness (QED) is 0.591. The van der Waals surface area contributed by atoms with Gasteiger partial charge >= 0.3 is 0 Å². The van der Waals surface area contributed by atoms with Gasteiger partial charge in [-0.3, -0.25) is 0 Å². The van der Waals surface area contributed by atoms with E-state index in [-0.39, 0.29) is 0 Å². The number of aliphatic hydroxyl groups is 1. The lowest BCUT2D eigenvalue weighted by atomic mass is 10.2. The van der Waals surface area contributed by atoms with Gasteiger partial charge in [0.05, 0.1) is 0 Å². The van der Waals surface area contributed by atoms with Gasteiger partial charge in [0.15, 0.2) is 5.56 Å². The first kappa shape index (κ1) is 6.59. The summed E-state index contributed by atoms with van der Waals surface area (Å²) >= 11 is 5.34. The third-order valence-corrected chi connectivity index (χ3v) is 1.27. The minimum absolute atomic E-state index is 0.704. The van der Waals surface area contributed by atoms with Crippen LogP contribution in [0.25, 0.3) is 0 Å². The smallest absolute Gasteiger partial charge is 0.153 e. The second-order valence-electron chi connectivity index (χ2n) is 1.67. The number of hydrogen-bond acceptors (Lipinski definition) is 1. The Labute approximate surface area is 58.9 Å². The molecule has 47 valence electrons. The fraction of sp³-hybridized carbons (Fsp3) is 0.143. The zero-order valence-electron chi connectivity index (χ0n) is 4.71. The molecule has 0 spiro atoms. The molecule has 0 aliphatic carbocycles. The van der Waals surface area contributed by atoms with E-state index in [9.17, 15) is 0 Å². The van der Waals surface area contributed by atoms with Gasteiger partial charge in [-0.2, -0.15) is 0 Å². The van der Waals surface area contributed by atoms with Gasteiger partial charge in [0.1, 0.15) is 0 Å². The van der Waals surface area contributed by atoms with Crippen LogP contribution in [-0.4, -0.2) is 5.11 Å². The van der Waals surface area contributed by atoms with Crippen LogP contribution in [0.1, 0.15) is 11.1 Å². The van der Waals surface area contributed by atoms with Crippen molar-refractivity contribution in [2.24, 2.45) is 0 Å². The van der Waals surface area contributed by atoms with Gasteiger partial charge in [0.2, 0.25) is 0 Å². The first-order valence-corrected chi connectivity index (χ1v) is 3.02. The number of benzene rings is 1. The Bertz CT molecular complexity index is 172. The highest BCUT2D eigenvalue weighted by atomic mass is 35.5. The van der Waals surface area contributed by atoms with Crippen molar-refractivity contribution in [3.8, 4) is 0 Å². The van der Waals surface area contributed by atoms with Crippen LogP contribution in [0.15, 0.2) is 24.3 Å². The van der Waals surface area contributed by atoms with Crippen LogP contribution in [0.2, 0.25) is 0 Å². The highest BCUT2D eigenvalue weighted by Gasteiger charge is 1.97. The van der Waals surface area contributed by atoms with Crippen LogP contribution < -0.4 is 0 Å². The van der Waals surface area contributed by atoms with E-state index in [4.69, 9.17) is 16.7 Å². The van der Waals surface area contributed by atoms with Gasteiger partial charge in [-0.1, -0.05) is 35.9 Å². The fourth-order valence-corrected chi connectivity index (χ4v) is 0.704. The minimum Gasteiger partial charge on any atom is -0.373 e. The molecule has 2 heteroatoms. The molecule has 0 saturated carbocycles.